The second kappa shape index (κ2) is 11.5. The lowest BCUT2D eigenvalue weighted by Crippen LogP contribution is -3.10. The van der Waals surface area contributed by atoms with Crippen molar-refractivity contribution in [2.24, 2.45) is 0 Å². The van der Waals surface area contributed by atoms with Crippen LogP contribution >= 0.6 is 0 Å². The monoisotopic (exact) mass is 397 g/mol. The summed E-state index contributed by atoms with van der Waals surface area (Å²) in [7, 11) is 0. The van der Waals surface area contributed by atoms with E-state index in [1.54, 1.807) is 0 Å². The Bertz CT molecular complexity index is 752. The number of quaternary nitrogens is 1. The normalized spacial score (nSPS) is 11.7. The van der Waals surface area contributed by atoms with Crippen molar-refractivity contribution in [3.63, 3.8) is 0 Å². The Labute approximate surface area is 174 Å². The summed E-state index contributed by atoms with van der Waals surface area (Å²) >= 11 is 0. The molecule has 1 unspecified atom stereocenters. The molecule has 0 heterocycles. The van der Waals surface area contributed by atoms with Gasteiger partial charge in [-0.15, -0.1) is 0 Å². The van der Waals surface area contributed by atoms with Gasteiger partial charge in [0.2, 0.25) is 0 Å². The van der Waals surface area contributed by atoms with Crippen molar-refractivity contribution < 1.29 is 27.2 Å². The number of benzene rings is 3. The standard InChI is InChI=1S/C24H27NO2.ClH/c1-20-12-14-24(15-13-20)27-19-23(26)18-25(16-21-8-4-2-5-9-21)17-22-10-6-3-7-11-22;/h2-15,23,26H,16-19H2,1H3;1H. The Morgan fingerprint density at radius 2 is 1.29 bits per heavy atom. The third kappa shape index (κ3) is 7.35. The fourth-order valence-electron chi connectivity index (χ4n) is 3.19. The highest BCUT2D eigenvalue weighted by atomic mass is 35.5. The van der Waals surface area contributed by atoms with Crippen LogP contribution in [0.25, 0.3) is 0 Å². The summed E-state index contributed by atoms with van der Waals surface area (Å²) in [5.41, 5.74) is 3.74. The van der Waals surface area contributed by atoms with E-state index in [0.29, 0.717) is 13.2 Å². The first-order valence-corrected chi connectivity index (χ1v) is 9.48. The van der Waals surface area contributed by atoms with Gasteiger partial charge in [0.1, 0.15) is 38.1 Å². The van der Waals surface area contributed by atoms with Crippen molar-refractivity contribution in [1.82, 2.24) is 0 Å². The van der Waals surface area contributed by atoms with E-state index in [2.05, 4.69) is 48.5 Å². The van der Waals surface area contributed by atoms with Crippen molar-refractivity contribution in [2.75, 3.05) is 13.2 Å². The average molecular weight is 398 g/mol. The molecule has 0 aliphatic heterocycles. The van der Waals surface area contributed by atoms with Crippen LogP contribution in [-0.2, 0) is 13.1 Å². The molecule has 2 N–H and O–H groups in total. The summed E-state index contributed by atoms with van der Waals surface area (Å²) in [6.07, 6.45) is -0.520. The molecule has 0 saturated heterocycles. The summed E-state index contributed by atoms with van der Waals surface area (Å²) in [6, 6.07) is 28.8. The molecule has 0 radical (unpaired) electrons. The molecule has 0 bridgehead atoms. The van der Waals surface area contributed by atoms with E-state index < -0.39 is 6.10 Å². The Morgan fingerprint density at radius 3 is 1.79 bits per heavy atom. The number of aryl methyl sites for hydroxylation is 1. The van der Waals surface area contributed by atoms with E-state index in [-0.39, 0.29) is 12.4 Å². The van der Waals surface area contributed by atoms with Gasteiger partial charge in [0.05, 0.1) is 0 Å². The molecular formula is C24H28ClNO2. The molecule has 0 amide bonds. The minimum absolute atomic E-state index is 0. The lowest BCUT2D eigenvalue weighted by atomic mass is 10.1. The Kier molecular flexibility index (Phi) is 9.02. The zero-order valence-corrected chi connectivity index (χ0v) is 17.0. The van der Waals surface area contributed by atoms with Gasteiger partial charge < -0.3 is 27.2 Å². The molecule has 0 spiro atoms. The van der Waals surface area contributed by atoms with Crippen LogP contribution in [0.3, 0.4) is 0 Å². The maximum Gasteiger partial charge on any atom is 0.137 e. The first kappa shape index (κ1) is 22.0. The van der Waals surface area contributed by atoms with Gasteiger partial charge in [-0.1, -0.05) is 78.4 Å². The van der Waals surface area contributed by atoms with Crippen LogP contribution < -0.4 is 22.0 Å². The Balaban J connectivity index is 0.00000280. The topological polar surface area (TPSA) is 33.9 Å². The molecule has 3 rings (SSSR count). The highest BCUT2D eigenvalue weighted by Crippen LogP contribution is 2.11. The van der Waals surface area contributed by atoms with Crippen molar-refractivity contribution >= 4 is 0 Å². The van der Waals surface area contributed by atoms with Gasteiger partial charge in [0.25, 0.3) is 0 Å². The van der Waals surface area contributed by atoms with Crippen LogP contribution in [0.5, 0.6) is 5.75 Å². The predicted octanol–water partition coefficient (Wildman–Crippen LogP) is 0.0240. The van der Waals surface area contributed by atoms with Gasteiger partial charge in [-0.25, -0.2) is 0 Å². The summed E-state index contributed by atoms with van der Waals surface area (Å²) in [4.78, 5) is 1.31. The van der Waals surface area contributed by atoms with E-state index in [0.717, 1.165) is 18.8 Å². The van der Waals surface area contributed by atoms with Crippen LogP contribution in [0.1, 0.15) is 16.7 Å². The van der Waals surface area contributed by atoms with Crippen LogP contribution in [-0.4, -0.2) is 24.4 Å². The van der Waals surface area contributed by atoms with Crippen LogP contribution in [0, 0.1) is 6.92 Å². The second-order valence-corrected chi connectivity index (χ2v) is 7.06. The molecule has 0 aliphatic rings. The molecule has 0 fully saturated rings. The van der Waals surface area contributed by atoms with Crippen molar-refractivity contribution in [3.8, 4) is 5.75 Å². The quantitative estimate of drug-likeness (QED) is 0.534. The molecule has 3 aromatic rings. The van der Waals surface area contributed by atoms with Crippen LogP contribution in [0.15, 0.2) is 84.9 Å². The van der Waals surface area contributed by atoms with Crippen molar-refractivity contribution in [1.29, 1.82) is 0 Å². The van der Waals surface area contributed by atoms with E-state index in [1.807, 2.05) is 43.3 Å². The van der Waals surface area contributed by atoms with Gasteiger partial charge >= 0.3 is 0 Å². The van der Waals surface area contributed by atoms with Gasteiger partial charge in [0, 0.05) is 11.1 Å². The Hall–Kier alpha value is -2.33. The number of hydrogen-bond donors (Lipinski definition) is 2. The number of nitrogens with one attached hydrogen (secondary N) is 1. The van der Waals surface area contributed by atoms with E-state index in [9.17, 15) is 5.11 Å². The largest absolute Gasteiger partial charge is 1.00 e. The summed E-state index contributed by atoms with van der Waals surface area (Å²) < 4.78 is 5.76. The van der Waals surface area contributed by atoms with E-state index >= 15 is 0 Å². The van der Waals surface area contributed by atoms with Gasteiger partial charge in [-0.2, -0.15) is 0 Å². The van der Waals surface area contributed by atoms with Gasteiger partial charge in [-0.05, 0) is 19.1 Å². The van der Waals surface area contributed by atoms with E-state index in [4.69, 9.17) is 4.74 Å². The summed E-state index contributed by atoms with van der Waals surface area (Å²) in [6.45, 7) is 4.73. The molecule has 3 aromatic carbocycles. The molecule has 1 atom stereocenters. The maximum absolute atomic E-state index is 10.5. The predicted molar refractivity (Wildman–Crippen MR) is 109 cm³/mol. The number of hydrogen-bond acceptors (Lipinski definition) is 2. The third-order valence-electron chi connectivity index (χ3n) is 4.58. The zero-order valence-electron chi connectivity index (χ0n) is 16.2. The molecule has 148 valence electrons. The number of halogens is 1. The average Bonchev–Trinajstić information content (AvgIpc) is 2.69. The highest BCUT2D eigenvalue weighted by molar-refractivity contribution is 5.26. The minimum atomic E-state index is -0.520. The lowest BCUT2D eigenvalue weighted by molar-refractivity contribution is -0.930. The Morgan fingerprint density at radius 1 is 0.786 bits per heavy atom. The molecule has 0 aliphatic carbocycles. The zero-order chi connectivity index (χ0) is 18.9. The first-order valence-electron chi connectivity index (χ1n) is 9.48. The van der Waals surface area contributed by atoms with E-state index in [1.165, 1.54) is 21.6 Å². The van der Waals surface area contributed by atoms with Crippen molar-refractivity contribution in [2.45, 2.75) is 26.1 Å². The first-order chi connectivity index (χ1) is 13.2. The van der Waals surface area contributed by atoms with Crippen LogP contribution in [0.2, 0.25) is 0 Å². The fourth-order valence-corrected chi connectivity index (χ4v) is 3.19. The SMILES string of the molecule is Cc1ccc(OCC(O)C[NH+](Cc2ccccc2)Cc2ccccc2)cc1.[Cl-]. The number of rotatable bonds is 9. The minimum Gasteiger partial charge on any atom is -1.00 e. The number of aliphatic hydroxyl groups is 1. The lowest BCUT2D eigenvalue weighted by Gasteiger charge is -2.23. The summed E-state index contributed by atoms with van der Waals surface area (Å²) in [5, 5.41) is 10.5. The number of ether oxygens (including phenoxy) is 1. The highest BCUT2D eigenvalue weighted by Gasteiger charge is 2.17. The third-order valence-corrected chi connectivity index (χ3v) is 4.58. The summed E-state index contributed by atoms with van der Waals surface area (Å²) in [5.74, 6) is 0.798. The number of aliphatic hydroxyl groups excluding tert-OH is 1. The fraction of sp³-hybridized carbons (Fsp3) is 0.250. The van der Waals surface area contributed by atoms with Crippen molar-refractivity contribution in [3.05, 3.63) is 102 Å². The molecule has 0 saturated carbocycles. The smallest absolute Gasteiger partial charge is 0.137 e. The van der Waals surface area contributed by atoms with Gasteiger partial charge in [0.15, 0.2) is 0 Å². The second-order valence-electron chi connectivity index (χ2n) is 7.06. The molecular weight excluding hydrogens is 370 g/mol. The van der Waals surface area contributed by atoms with Gasteiger partial charge in [-0.3, -0.25) is 0 Å². The molecule has 0 aromatic heterocycles. The molecule has 3 nitrogen and oxygen atoms in total. The van der Waals surface area contributed by atoms with Crippen LogP contribution in [0.4, 0.5) is 0 Å². The maximum atomic E-state index is 10.5. The molecule has 28 heavy (non-hydrogen) atoms. The molecule has 4 heteroatoms.